The highest BCUT2D eigenvalue weighted by Gasteiger charge is 2.37. The molecule has 0 spiro atoms. The third kappa shape index (κ3) is 6.78. The third-order valence-corrected chi connectivity index (χ3v) is 6.61. The van der Waals surface area contributed by atoms with Crippen LogP contribution in [-0.2, 0) is 9.84 Å². The molecular weight excluding hydrogens is 372 g/mol. The van der Waals surface area contributed by atoms with Crippen LogP contribution in [0.5, 0.6) is 0 Å². The molecule has 1 heterocycles. The Hall–Kier alpha value is -1.60. The van der Waals surface area contributed by atoms with Crippen LogP contribution in [0, 0.1) is 5.92 Å². The van der Waals surface area contributed by atoms with Crippen LogP contribution in [0.2, 0.25) is 0 Å². The molecule has 7 heteroatoms. The standard InChI is InChI=1S/C21H34N4O2S/c1-3-22-21(23-16-18-15-20(18)17-7-5-4-6-8-17)24-19-9-11-25(12-10-19)13-14-28(2,26)27/h4-8,18-20H,3,9-16H2,1-2H3,(H2,22,23,24). The molecule has 1 saturated carbocycles. The minimum Gasteiger partial charge on any atom is -0.357 e. The molecule has 0 bridgehead atoms. The summed E-state index contributed by atoms with van der Waals surface area (Å²) >= 11 is 0. The van der Waals surface area contributed by atoms with Gasteiger partial charge in [0.15, 0.2) is 5.96 Å². The van der Waals surface area contributed by atoms with Gasteiger partial charge >= 0.3 is 0 Å². The summed E-state index contributed by atoms with van der Waals surface area (Å²) in [7, 11) is -2.88. The SMILES string of the molecule is CCNC(=NCC1CC1c1ccccc1)NC1CCN(CCS(C)(=O)=O)CC1. The van der Waals surface area contributed by atoms with Crippen molar-refractivity contribution in [3.05, 3.63) is 35.9 Å². The van der Waals surface area contributed by atoms with Crippen molar-refractivity contribution >= 4 is 15.8 Å². The van der Waals surface area contributed by atoms with Gasteiger partial charge in [-0.25, -0.2) is 8.42 Å². The Balaban J connectivity index is 1.43. The zero-order valence-corrected chi connectivity index (χ0v) is 17.9. The van der Waals surface area contributed by atoms with E-state index in [4.69, 9.17) is 4.99 Å². The van der Waals surface area contributed by atoms with Crippen LogP contribution in [0.15, 0.2) is 35.3 Å². The summed E-state index contributed by atoms with van der Waals surface area (Å²) in [6.45, 7) is 6.32. The summed E-state index contributed by atoms with van der Waals surface area (Å²) in [5.74, 6) is 2.47. The lowest BCUT2D eigenvalue weighted by molar-refractivity contribution is 0.216. The smallest absolute Gasteiger partial charge is 0.191 e. The van der Waals surface area contributed by atoms with Gasteiger partial charge in [0.05, 0.1) is 5.75 Å². The van der Waals surface area contributed by atoms with Crippen molar-refractivity contribution in [1.29, 1.82) is 0 Å². The van der Waals surface area contributed by atoms with E-state index < -0.39 is 9.84 Å². The third-order valence-electron chi connectivity index (χ3n) is 5.69. The lowest BCUT2D eigenvalue weighted by Crippen LogP contribution is -2.49. The lowest BCUT2D eigenvalue weighted by Gasteiger charge is -2.32. The number of aliphatic imine (C=N–C) groups is 1. The van der Waals surface area contributed by atoms with E-state index in [0.717, 1.165) is 45.0 Å². The molecule has 2 fully saturated rings. The molecular formula is C21H34N4O2S. The fourth-order valence-corrected chi connectivity index (χ4v) is 4.47. The molecule has 0 radical (unpaired) electrons. The van der Waals surface area contributed by atoms with Gasteiger partial charge in [-0.15, -0.1) is 0 Å². The van der Waals surface area contributed by atoms with Crippen LogP contribution in [0.25, 0.3) is 0 Å². The first-order chi connectivity index (χ1) is 13.4. The molecule has 1 aromatic carbocycles. The van der Waals surface area contributed by atoms with Gasteiger partial charge < -0.3 is 15.5 Å². The average Bonchev–Trinajstić information content (AvgIpc) is 3.46. The molecule has 2 N–H and O–H groups in total. The fourth-order valence-electron chi connectivity index (χ4n) is 3.88. The van der Waals surface area contributed by atoms with Crippen molar-refractivity contribution in [2.24, 2.45) is 10.9 Å². The molecule has 2 atom stereocenters. The number of sulfone groups is 1. The maximum atomic E-state index is 11.3. The van der Waals surface area contributed by atoms with Gasteiger partial charge in [-0.1, -0.05) is 30.3 Å². The van der Waals surface area contributed by atoms with Gasteiger partial charge in [-0.3, -0.25) is 4.99 Å². The molecule has 1 saturated heterocycles. The van der Waals surface area contributed by atoms with E-state index in [9.17, 15) is 8.42 Å². The minimum atomic E-state index is -2.88. The van der Waals surface area contributed by atoms with Gasteiger partial charge in [0, 0.05) is 45.0 Å². The van der Waals surface area contributed by atoms with Crippen LogP contribution in [0.4, 0.5) is 0 Å². The van der Waals surface area contributed by atoms with Gasteiger partial charge in [-0.2, -0.15) is 0 Å². The highest BCUT2D eigenvalue weighted by molar-refractivity contribution is 7.90. The van der Waals surface area contributed by atoms with Crippen molar-refractivity contribution in [2.75, 3.05) is 44.7 Å². The number of hydrogen-bond acceptors (Lipinski definition) is 4. The second-order valence-electron chi connectivity index (χ2n) is 8.12. The highest BCUT2D eigenvalue weighted by atomic mass is 32.2. The predicted octanol–water partition coefficient (Wildman–Crippen LogP) is 1.85. The number of piperidine rings is 1. The lowest BCUT2D eigenvalue weighted by atomic mass is 10.1. The molecule has 1 aliphatic carbocycles. The van der Waals surface area contributed by atoms with Crippen molar-refractivity contribution in [2.45, 2.75) is 38.1 Å². The van der Waals surface area contributed by atoms with Crippen LogP contribution < -0.4 is 10.6 Å². The van der Waals surface area contributed by atoms with E-state index in [0.29, 0.717) is 24.4 Å². The maximum Gasteiger partial charge on any atom is 0.191 e. The summed E-state index contributed by atoms with van der Waals surface area (Å²) < 4.78 is 22.7. The summed E-state index contributed by atoms with van der Waals surface area (Å²) in [6, 6.07) is 11.1. The van der Waals surface area contributed by atoms with Gasteiger partial charge in [0.2, 0.25) is 0 Å². The number of guanidine groups is 1. The maximum absolute atomic E-state index is 11.3. The molecule has 3 rings (SSSR count). The van der Waals surface area contributed by atoms with Crippen molar-refractivity contribution in [3.8, 4) is 0 Å². The molecule has 1 aromatic rings. The quantitative estimate of drug-likeness (QED) is 0.509. The topological polar surface area (TPSA) is 73.8 Å². The average molecular weight is 407 g/mol. The van der Waals surface area contributed by atoms with Crippen molar-refractivity contribution < 1.29 is 8.42 Å². The first-order valence-electron chi connectivity index (χ1n) is 10.4. The Kier molecular flexibility index (Phi) is 7.35. The Labute approximate surface area is 169 Å². The number of nitrogens with zero attached hydrogens (tertiary/aromatic N) is 2. The number of rotatable bonds is 8. The molecule has 0 amide bonds. The van der Waals surface area contributed by atoms with E-state index in [2.05, 4.69) is 52.8 Å². The van der Waals surface area contributed by atoms with Crippen molar-refractivity contribution in [3.63, 3.8) is 0 Å². The number of hydrogen-bond donors (Lipinski definition) is 2. The summed E-state index contributed by atoms with van der Waals surface area (Å²) in [5.41, 5.74) is 1.43. The zero-order chi connectivity index (χ0) is 20.0. The second-order valence-corrected chi connectivity index (χ2v) is 10.4. The molecule has 156 valence electrons. The zero-order valence-electron chi connectivity index (χ0n) is 17.1. The van der Waals surface area contributed by atoms with E-state index in [-0.39, 0.29) is 5.75 Å². The van der Waals surface area contributed by atoms with Crippen LogP contribution in [-0.4, -0.2) is 70.1 Å². The Morgan fingerprint density at radius 2 is 1.93 bits per heavy atom. The number of likely N-dealkylation sites (tertiary alicyclic amines) is 1. The molecule has 0 aromatic heterocycles. The molecule has 28 heavy (non-hydrogen) atoms. The van der Waals surface area contributed by atoms with Crippen LogP contribution >= 0.6 is 0 Å². The monoisotopic (exact) mass is 406 g/mol. The normalized spacial score (nSPS) is 24.1. The van der Waals surface area contributed by atoms with E-state index in [1.807, 2.05) is 0 Å². The highest BCUT2D eigenvalue weighted by Crippen LogP contribution is 2.47. The predicted molar refractivity (Wildman–Crippen MR) is 116 cm³/mol. The fraction of sp³-hybridized carbons (Fsp3) is 0.667. The van der Waals surface area contributed by atoms with Crippen LogP contribution in [0.3, 0.4) is 0 Å². The van der Waals surface area contributed by atoms with Crippen molar-refractivity contribution in [1.82, 2.24) is 15.5 Å². The Morgan fingerprint density at radius 3 is 2.57 bits per heavy atom. The molecule has 1 aliphatic heterocycles. The van der Waals surface area contributed by atoms with Gasteiger partial charge in [-0.05, 0) is 43.6 Å². The first kappa shape index (κ1) is 21.1. The summed E-state index contributed by atoms with van der Waals surface area (Å²) in [5, 5.41) is 6.95. The Bertz CT molecular complexity index is 743. The second kappa shape index (κ2) is 9.74. The summed E-state index contributed by atoms with van der Waals surface area (Å²) in [6.07, 6.45) is 4.57. The van der Waals surface area contributed by atoms with E-state index in [1.165, 1.54) is 18.2 Å². The van der Waals surface area contributed by atoms with Gasteiger partial charge in [0.1, 0.15) is 9.84 Å². The Morgan fingerprint density at radius 1 is 1.21 bits per heavy atom. The summed E-state index contributed by atoms with van der Waals surface area (Å²) in [4.78, 5) is 7.08. The van der Waals surface area contributed by atoms with Gasteiger partial charge in [0.25, 0.3) is 0 Å². The first-order valence-corrected chi connectivity index (χ1v) is 12.5. The largest absolute Gasteiger partial charge is 0.357 e. The number of benzene rings is 1. The van der Waals surface area contributed by atoms with E-state index >= 15 is 0 Å². The van der Waals surface area contributed by atoms with E-state index in [1.54, 1.807) is 0 Å². The molecule has 2 unspecified atom stereocenters. The molecule has 6 nitrogen and oxygen atoms in total. The van der Waals surface area contributed by atoms with Crippen LogP contribution in [0.1, 0.15) is 37.7 Å². The minimum absolute atomic E-state index is 0.249. The molecule has 2 aliphatic rings. The number of nitrogens with one attached hydrogen (secondary N) is 2.